The van der Waals surface area contributed by atoms with Gasteiger partial charge in [-0.3, -0.25) is 0 Å². The average molecular weight is 246 g/mol. The Bertz CT molecular complexity index is 328. The molecule has 1 aromatic rings. The minimum atomic E-state index is 0.294. The van der Waals surface area contributed by atoms with Crippen LogP contribution in [0, 0.1) is 0 Å². The fourth-order valence-electron chi connectivity index (χ4n) is 1.93. The van der Waals surface area contributed by atoms with Crippen LogP contribution in [-0.4, -0.2) is 0 Å². The van der Waals surface area contributed by atoms with Crippen molar-refractivity contribution in [1.29, 1.82) is 0 Å². The Morgan fingerprint density at radius 2 is 2.17 bits per heavy atom. The van der Waals surface area contributed by atoms with Crippen LogP contribution in [0.15, 0.2) is 3.79 Å². The molecular formula is C9H12BrNS. The molecular weight excluding hydrogens is 234 g/mol. The van der Waals surface area contributed by atoms with Crippen LogP contribution in [0.4, 0.5) is 5.69 Å². The summed E-state index contributed by atoms with van der Waals surface area (Å²) in [5, 5.41) is 0. The molecule has 1 heterocycles. The number of halogens is 1. The summed E-state index contributed by atoms with van der Waals surface area (Å²) in [7, 11) is 0. The van der Waals surface area contributed by atoms with Crippen molar-refractivity contribution < 1.29 is 0 Å². The molecule has 1 aliphatic carbocycles. The van der Waals surface area contributed by atoms with E-state index >= 15 is 0 Å². The van der Waals surface area contributed by atoms with Crippen molar-refractivity contribution in [2.75, 3.05) is 5.73 Å². The molecule has 2 rings (SSSR count). The smallest absolute Gasteiger partial charge is 0.0933 e. The minimum absolute atomic E-state index is 0.294. The first kappa shape index (κ1) is 8.57. The van der Waals surface area contributed by atoms with Crippen molar-refractivity contribution in [2.45, 2.75) is 32.1 Å². The lowest BCUT2D eigenvalue weighted by atomic mass is 9.87. The quantitative estimate of drug-likeness (QED) is 0.746. The molecule has 1 nitrogen and oxygen atoms in total. The van der Waals surface area contributed by atoms with Crippen molar-refractivity contribution in [1.82, 2.24) is 0 Å². The molecule has 0 saturated heterocycles. The molecule has 0 bridgehead atoms. The van der Waals surface area contributed by atoms with Crippen LogP contribution in [0.3, 0.4) is 0 Å². The second-order valence-corrected chi connectivity index (χ2v) is 6.39. The standard InChI is InChI=1S/C9H12BrNS/c1-9(2)4-3-5-6(9)7(11)8(10)12-5/h3-4,11H2,1-2H3. The van der Waals surface area contributed by atoms with Gasteiger partial charge in [-0.1, -0.05) is 13.8 Å². The molecule has 0 amide bonds. The van der Waals surface area contributed by atoms with E-state index in [0.29, 0.717) is 5.41 Å². The highest BCUT2D eigenvalue weighted by Gasteiger charge is 2.34. The lowest BCUT2D eigenvalue weighted by Gasteiger charge is -2.18. The topological polar surface area (TPSA) is 26.0 Å². The SMILES string of the molecule is CC1(C)CCc2sc(Br)c(N)c21. The van der Waals surface area contributed by atoms with Crippen molar-refractivity contribution >= 4 is 33.0 Å². The maximum Gasteiger partial charge on any atom is 0.0933 e. The maximum absolute atomic E-state index is 5.99. The first-order chi connectivity index (χ1) is 5.52. The van der Waals surface area contributed by atoms with E-state index in [1.165, 1.54) is 23.3 Å². The molecule has 3 heteroatoms. The molecule has 66 valence electrons. The fourth-order valence-corrected chi connectivity index (χ4v) is 3.84. The summed E-state index contributed by atoms with van der Waals surface area (Å²) in [4.78, 5) is 1.48. The number of nitrogens with two attached hydrogens (primary N) is 1. The van der Waals surface area contributed by atoms with Gasteiger partial charge in [0.05, 0.1) is 9.47 Å². The van der Waals surface area contributed by atoms with Gasteiger partial charge in [0.1, 0.15) is 0 Å². The molecule has 0 radical (unpaired) electrons. The van der Waals surface area contributed by atoms with E-state index in [4.69, 9.17) is 5.73 Å². The summed E-state index contributed by atoms with van der Waals surface area (Å²) in [5.41, 5.74) is 8.64. The number of rotatable bonds is 0. The largest absolute Gasteiger partial charge is 0.397 e. The van der Waals surface area contributed by atoms with Gasteiger partial charge < -0.3 is 5.73 Å². The number of thiophene rings is 1. The van der Waals surface area contributed by atoms with E-state index in [9.17, 15) is 0 Å². The average Bonchev–Trinajstić information content (AvgIpc) is 2.39. The molecule has 0 aliphatic heterocycles. The Morgan fingerprint density at radius 1 is 1.50 bits per heavy atom. The number of anilines is 1. The first-order valence-corrected chi connectivity index (χ1v) is 5.70. The van der Waals surface area contributed by atoms with Crippen molar-refractivity contribution in [3.05, 3.63) is 14.2 Å². The highest BCUT2D eigenvalue weighted by molar-refractivity contribution is 9.11. The molecule has 12 heavy (non-hydrogen) atoms. The molecule has 0 atom stereocenters. The van der Waals surface area contributed by atoms with Crippen LogP contribution in [0.1, 0.15) is 30.7 Å². The minimum Gasteiger partial charge on any atom is -0.397 e. The highest BCUT2D eigenvalue weighted by atomic mass is 79.9. The molecule has 0 aromatic carbocycles. The monoisotopic (exact) mass is 245 g/mol. The van der Waals surface area contributed by atoms with Gasteiger partial charge in [-0.15, -0.1) is 11.3 Å². The Balaban J connectivity index is 2.63. The van der Waals surface area contributed by atoms with E-state index < -0.39 is 0 Å². The molecule has 1 aliphatic rings. The van der Waals surface area contributed by atoms with Crippen LogP contribution in [0.5, 0.6) is 0 Å². The summed E-state index contributed by atoms with van der Waals surface area (Å²) in [6.07, 6.45) is 2.44. The van der Waals surface area contributed by atoms with E-state index in [2.05, 4.69) is 29.8 Å². The molecule has 0 spiro atoms. The Labute approximate surface area is 85.1 Å². The molecule has 0 fully saturated rings. The lowest BCUT2D eigenvalue weighted by molar-refractivity contribution is 0.523. The number of nitrogen functional groups attached to an aromatic ring is 1. The zero-order valence-corrected chi connectivity index (χ0v) is 9.68. The van der Waals surface area contributed by atoms with Gasteiger partial charge in [0.25, 0.3) is 0 Å². The number of hydrogen-bond donors (Lipinski definition) is 1. The summed E-state index contributed by atoms with van der Waals surface area (Å²) in [5.74, 6) is 0. The first-order valence-electron chi connectivity index (χ1n) is 4.09. The predicted octanol–water partition coefficient (Wildman–Crippen LogP) is 3.32. The molecule has 0 unspecified atom stereocenters. The zero-order valence-electron chi connectivity index (χ0n) is 7.28. The number of aryl methyl sites for hydroxylation is 1. The second-order valence-electron chi connectivity index (χ2n) is 3.97. The molecule has 2 N–H and O–H groups in total. The van der Waals surface area contributed by atoms with Gasteiger partial charge >= 0.3 is 0 Å². The highest BCUT2D eigenvalue weighted by Crippen LogP contribution is 2.49. The Kier molecular flexibility index (Phi) is 1.77. The van der Waals surface area contributed by atoms with Crippen LogP contribution in [-0.2, 0) is 11.8 Å². The van der Waals surface area contributed by atoms with Crippen LogP contribution in [0.25, 0.3) is 0 Å². The van der Waals surface area contributed by atoms with E-state index in [1.54, 1.807) is 11.3 Å². The third kappa shape index (κ3) is 1.03. The summed E-state index contributed by atoms with van der Waals surface area (Å²) in [6, 6.07) is 0. The Hall–Kier alpha value is -0.0200. The predicted molar refractivity (Wildman–Crippen MR) is 57.8 cm³/mol. The van der Waals surface area contributed by atoms with Gasteiger partial charge in [0.15, 0.2) is 0 Å². The Morgan fingerprint density at radius 3 is 2.75 bits per heavy atom. The molecule has 1 aromatic heterocycles. The van der Waals surface area contributed by atoms with Crippen molar-refractivity contribution in [2.24, 2.45) is 0 Å². The summed E-state index contributed by atoms with van der Waals surface area (Å²) < 4.78 is 1.11. The third-order valence-corrected chi connectivity index (χ3v) is 4.59. The van der Waals surface area contributed by atoms with Crippen molar-refractivity contribution in [3.8, 4) is 0 Å². The third-order valence-electron chi connectivity index (χ3n) is 2.63. The van der Waals surface area contributed by atoms with Crippen LogP contribution >= 0.6 is 27.3 Å². The van der Waals surface area contributed by atoms with Gasteiger partial charge in [-0.05, 0) is 39.8 Å². The van der Waals surface area contributed by atoms with E-state index in [-0.39, 0.29) is 0 Å². The van der Waals surface area contributed by atoms with Gasteiger partial charge in [0.2, 0.25) is 0 Å². The summed E-state index contributed by atoms with van der Waals surface area (Å²) >= 11 is 5.28. The maximum atomic E-state index is 5.99. The van der Waals surface area contributed by atoms with Gasteiger partial charge in [-0.25, -0.2) is 0 Å². The van der Waals surface area contributed by atoms with Crippen molar-refractivity contribution in [3.63, 3.8) is 0 Å². The van der Waals surface area contributed by atoms with Crippen LogP contribution < -0.4 is 5.73 Å². The lowest BCUT2D eigenvalue weighted by Crippen LogP contribution is -2.13. The van der Waals surface area contributed by atoms with Gasteiger partial charge in [0, 0.05) is 4.88 Å². The van der Waals surface area contributed by atoms with E-state index in [0.717, 1.165) is 9.47 Å². The van der Waals surface area contributed by atoms with Crippen LogP contribution in [0.2, 0.25) is 0 Å². The number of hydrogen-bond acceptors (Lipinski definition) is 2. The normalized spacial score (nSPS) is 19.6. The van der Waals surface area contributed by atoms with E-state index in [1.807, 2.05) is 0 Å². The zero-order chi connectivity index (χ0) is 8.93. The fraction of sp³-hybridized carbons (Fsp3) is 0.556. The number of fused-ring (bicyclic) bond motifs is 1. The van der Waals surface area contributed by atoms with Gasteiger partial charge in [-0.2, -0.15) is 0 Å². The second kappa shape index (κ2) is 2.48. The molecule has 0 saturated carbocycles. The summed E-state index contributed by atoms with van der Waals surface area (Å²) in [6.45, 7) is 4.54.